The molecule has 6 nitrogen and oxygen atoms in total. The van der Waals surface area contributed by atoms with Crippen LogP contribution < -0.4 is 10.2 Å². The van der Waals surface area contributed by atoms with E-state index in [4.69, 9.17) is 0 Å². The Labute approximate surface area is 204 Å². The van der Waals surface area contributed by atoms with Crippen LogP contribution in [0, 0.1) is 36.5 Å². The van der Waals surface area contributed by atoms with E-state index in [1.807, 2.05) is 45.0 Å². The van der Waals surface area contributed by atoms with Gasteiger partial charge in [-0.15, -0.1) is 11.3 Å². The van der Waals surface area contributed by atoms with Crippen molar-refractivity contribution in [2.24, 2.45) is 0 Å². The SMILES string of the molecule is Cc1cc(/C=C(/C#N)C(=O)Nc2sc3c(c2C#N)CCCC3)c(C)n1-c1ccc(N(C)C)cc1. The first-order valence-electron chi connectivity index (χ1n) is 11.3. The lowest BCUT2D eigenvalue weighted by Gasteiger charge is -2.14. The van der Waals surface area contributed by atoms with Crippen LogP contribution in [-0.4, -0.2) is 24.6 Å². The molecule has 2 aromatic heterocycles. The third-order valence-corrected chi connectivity index (χ3v) is 7.48. The third kappa shape index (κ3) is 4.35. The van der Waals surface area contributed by atoms with Gasteiger partial charge >= 0.3 is 0 Å². The van der Waals surface area contributed by atoms with Crippen LogP contribution in [0.15, 0.2) is 35.9 Å². The van der Waals surface area contributed by atoms with Crippen molar-refractivity contribution in [1.29, 1.82) is 10.5 Å². The summed E-state index contributed by atoms with van der Waals surface area (Å²) in [5.41, 5.74) is 6.51. The standard InChI is InChI=1S/C27H27N5OS/c1-17-13-19(18(2)32(17)22-11-9-21(10-12-22)31(3)4)14-20(15-28)26(33)30-27-24(16-29)23-7-5-6-8-25(23)34-27/h9-14H,5-8H2,1-4H3,(H,30,33)/b20-14-. The van der Waals surface area contributed by atoms with Gasteiger partial charge in [0.25, 0.3) is 5.91 Å². The van der Waals surface area contributed by atoms with Crippen molar-refractivity contribution in [3.63, 3.8) is 0 Å². The van der Waals surface area contributed by atoms with E-state index < -0.39 is 5.91 Å². The van der Waals surface area contributed by atoms with Gasteiger partial charge in [0.15, 0.2) is 0 Å². The van der Waals surface area contributed by atoms with Gasteiger partial charge in [-0.1, -0.05) is 0 Å². The minimum absolute atomic E-state index is 0.0125. The zero-order chi connectivity index (χ0) is 24.4. The number of carbonyl (C=O) groups excluding carboxylic acids is 1. The number of nitriles is 2. The second-order valence-corrected chi connectivity index (χ2v) is 9.83. The Kier molecular flexibility index (Phi) is 6.58. The van der Waals surface area contributed by atoms with Crippen molar-refractivity contribution in [2.75, 3.05) is 24.3 Å². The van der Waals surface area contributed by atoms with E-state index in [-0.39, 0.29) is 5.57 Å². The predicted octanol–water partition coefficient (Wildman–Crippen LogP) is 5.52. The van der Waals surface area contributed by atoms with E-state index >= 15 is 0 Å². The molecule has 1 aromatic carbocycles. The van der Waals surface area contributed by atoms with Crippen LogP contribution >= 0.6 is 11.3 Å². The van der Waals surface area contributed by atoms with Gasteiger partial charge in [0.2, 0.25) is 0 Å². The highest BCUT2D eigenvalue weighted by molar-refractivity contribution is 7.16. The van der Waals surface area contributed by atoms with E-state index in [0.717, 1.165) is 59.6 Å². The highest BCUT2D eigenvalue weighted by Crippen LogP contribution is 2.37. The zero-order valence-electron chi connectivity index (χ0n) is 19.9. The van der Waals surface area contributed by atoms with Crippen molar-refractivity contribution in [1.82, 2.24) is 4.57 Å². The molecule has 0 radical (unpaired) electrons. The smallest absolute Gasteiger partial charge is 0.266 e. The Balaban J connectivity index is 1.63. The van der Waals surface area contributed by atoms with E-state index in [0.29, 0.717) is 10.6 Å². The molecule has 7 heteroatoms. The fourth-order valence-electron chi connectivity index (χ4n) is 4.48. The average molecular weight is 470 g/mol. The number of thiophene rings is 1. The molecule has 1 aliphatic carbocycles. The summed E-state index contributed by atoms with van der Waals surface area (Å²) >= 11 is 1.46. The van der Waals surface area contributed by atoms with Gasteiger partial charge in [0.05, 0.1) is 5.56 Å². The summed E-state index contributed by atoms with van der Waals surface area (Å²) in [6.07, 6.45) is 5.59. The number of aromatic nitrogens is 1. The van der Waals surface area contributed by atoms with Gasteiger partial charge in [0.1, 0.15) is 22.7 Å². The minimum Gasteiger partial charge on any atom is -0.378 e. The summed E-state index contributed by atoms with van der Waals surface area (Å²) < 4.78 is 2.11. The summed E-state index contributed by atoms with van der Waals surface area (Å²) in [4.78, 5) is 16.2. The Hall–Kier alpha value is -3.81. The van der Waals surface area contributed by atoms with Gasteiger partial charge in [-0.25, -0.2) is 0 Å². The molecule has 0 spiro atoms. The van der Waals surface area contributed by atoms with Crippen molar-refractivity contribution in [3.8, 4) is 17.8 Å². The molecule has 3 aromatic rings. The first kappa shape index (κ1) is 23.4. The number of nitrogens with one attached hydrogen (secondary N) is 1. The lowest BCUT2D eigenvalue weighted by molar-refractivity contribution is -0.112. The molecule has 4 rings (SSSR count). The number of carbonyl (C=O) groups is 1. The average Bonchev–Trinajstić information content (AvgIpc) is 3.32. The maximum atomic E-state index is 13.0. The number of amides is 1. The van der Waals surface area contributed by atoms with Crippen molar-refractivity contribution >= 4 is 34.0 Å². The second-order valence-electron chi connectivity index (χ2n) is 8.72. The maximum Gasteiger partial charge on any atom is 0.266 e. The lowest BCUT2D eigenvalue weighted by atomic mass is 9.96. The van der Waals surface area contributed by atoms with Gasteiger partial charge in [-0.05, 0) is 87.1 Å². The minimum atomic E-state index is -0.488. The van der Waals surface area contributed by atoms with Gasteiger partial charge in [-0.3, -0.25) is 4.79 Å². The third-order valence-electron chi connectivity index (χ3n) is 6.27. The first-order chi connectivity index (χ1) is 16.3. The van der Waals surface area contributed by atoms with Crippen molar-refractivity contribution in [2.45, 2.75) is 39.5 Å². The molecular weight excluding hydrogens is 442 g/mol. The van der Waals surface area contributed by atoms with Crippen LogP contribution in [0.2, 0.25) is 0 Å². The number of hydrogen-bond donors (Lipinski definition) is 1. The monoisotopic (exact) mass is 469 g/mol. The molecule has 0 atom stereocenters. The molecular formula is C27H27N5OS. The Morgan fingerprint density at radius 1 is 1.15 bits per heavy atom. The largest absolute Gasteiger partial charge is 0.378 e. The van der Waals surface area contributed by atoms with E-state index in [1.54, 1.807) is 6.08 Å². The van der Waals surface area contributed by atoms with Gasteiger partial charge in [0, 0.05) is 41.7 Å². The van der Waals surface area contributed by atoms with Crippen LogP contribution in [0.1, 0.15) is 45.8 Å². The number of fused-ring (bicyclic) bond motifs is 1. The molecule has 0 aliphatic heterocycles. The van der Waals surface area contributed by atoms with E-state index in [1.165, 1.54) is 16.2 Å². The van der Waals surface area contributed by atoms with Crippen molar-refractivity contribution < 1.29 is 4.79 Å². The lowest BCUT2D eigenvalue weighted by Crippen LogP contribution is -2.13. The first-order valence-corrected chi connectivity index (χ1v) is 12.1. The van der Waals surface area contributed by atoms with E-state index in [9.17, 15) is 15.3 Å². The summed E-state index contributed by atoms with van der Waals surface area (Å²) in [5, 5.41) is 22.8. The van der Waals surface area contributed by atoms with Crippen molar-refractivity contribution in [3.05, 3.63) is 68.9 Å². The summed E-state index contributed by atoms with van der Waals surface area (Å²) in [6.45, 7) is 3.98. The summed E-state index contributed by atoms with van der Waals surface area (Å²) in [5.74, 6) is -0.488. The predicted molar refractivity (Wildman–Crippen MR) is 137 cm³/mol. The van der Waals surface area contributed by atoms with Gasteiger partial charge in [-0.2, -0.15) is 10.5 Å². The molecule has 1 N–H and O–H groups in total. The molecule has 1 amide bonds. The molecule has 2 heterocycles. The van der Waals surface area contributed by atoms with Gasteiger partial charge < -0.3 is 14.8 Å². The number of nitrogens with zero attached hydrogens (tertiary/aromatic N) is 4. The van der Waals surface area contributed by atoms with Crippen LogP contribution in [0.5, 0.6) is 0 Å². The molecule has 1 aliphatic rings. The van der Waals surface area contributed by atoms with Crippen LogP contribution in [0.4, 0.5) is 10.7 Å². The normalized spacial score (nSPS) is 13.1. The Morgan fingerprint density at radius 2 is 1.85 bits per heavy atom. The van der Waals surface area contributed by atoms with Crippen LogP contribution in [-0.2, 0) is 17.6 Å². The number of benzene rings is 1. The number of hydrogen-bond acceptors (Lipinski definition) is 5. The fourth-order valence-corrected chi connectivity index (χ4v) is 5.71. The molecule has 34 heavy (non-hydrogen) atoms. The zero-order valence-corrected chi connectivity index (χ0v) is 20.7. The molecule has 0 saturated carbocycles. The fraction of sp³-hybridized carbons (Fsp3) is 0.296. The topological polar surface area (TPSA) is 84.9 Å². The van der Waals surface area contributed by atoms with Crippen LogP contribution in [0.25, 0.3) is 11.8 Å². The van der Waals surface area contributed by atoms with E-state index in [2.05, 4.69) is 40.2 Å². The second kappa shape index (κ2) is 9.59. The molecule has 0 bridgehead atoms. The summed E-state index contributed by atoms with van der Waals surface area (Å²) in [7, 11) is 4.01. The number of aryl methyl sites for hydroxylation is 2. The molecule has 0 saturated heterocycles. The van der Waals surface area contributed by atoms with Crippen LogP contribution in [0.3, 0.4) is 0 Å². The Morgan fingerprint density at radius 3 is 2.50 bits per heavy atom. The maximum absolute atomic E-state index is 13.0. The quantitative estimate of drug-likeness (QED) is 0.394. The molecule has 0 fully saturated rings. The molecule has 172 valence electrons. The highest BCUT2D eigenvalue weighted by Gasteiger charge is 2.23. The highest BCUT2D eigenvalue weighted by atomic mass is 32.1. The Bertz CT molecular complexity index is 1360. The number of anilines is 2. The molecule has 0 unspecified atom stereocenters. The summed E-state index contributed by atoms with van der Waals surface area (Å²) in [6, 6.07) is 14.5. The number of rotatable bonds is 5.